The van der Waals surface area contributed by atoms with E-state index >= 15 is 0 Å². The standard InChI is InChI=1S/C28H30N4O3/c1-17(2)12-13-24(32-18(3)20-8-4-5-9-21(20)25(32)33)26(34)31-16-28(14-19(31)15-29)22-10-6-7-11-23(22)30-27(28)35/h4-11,17-19,24H,12-14,16H2,1-3H3,(H,30,35)/t18-,19+,24+,28+/m1/s1. The van der Waals surface area contributed by atoms with Crippen LogP contribution in [-0.4, -0.2) is 46.1 Å². The number of carbonyl (C=O) groups is 3. The van der Waals surface area contributed by atoms with Crippen LogP contribution in [0.2, 0.25) is 0 Å². The summed E-state index contributed by atoms with van der Waals surface area (Å²) < 4.78 is 0. The molecule has 0 radical (unpaired) electrons. The van der Waals surface area contributed by atoms with Gasteiger partial charge in [-0.3, -0.25) is 14.4 Å². The number of nitriles is 1. The van der Waals surface area contributed by atoms with Gasteiger partial charge in [0.15, 0.2) is 0 Å². The van der Waals surface area contributed by atoms with Crippen LogP contribution in [0.15, 0.2) is 48.5 Å². The van der Waals surface area contributed by atoms with Crippen molar-refractivity contribution in [2.75, 3.05) is 11.9 Å². The summed E-state index contributed by atoms with van der Waals surface area (Å²) in [6.45, 7) is 6.27. The largest absolute Gasteiger partial charge is 0.325 e. The van der Waals surface area contributed by atoms with E-state index in [1.54, 1.807) is 15.9 Å². The van der Waals surface area contributed by atoms with Gasteiger partial charge in [0, 0.05) is 24.2 Å². The second-order valence-corrected chi connectivity index (χ2v) is 10.4. The smallest absolute Gasteiger partial charge is 0.255 e. The summed E-state index contributed by atoms with van der Waals surface area (Å²) in [6, 6.07) is 15.6. The Labute approximate surface area is 205 Å². The summed E-state index contributed by atoms with van der Waals surface area (Å²) in [7, 11) is 0. The number of hydrogen-bond acceptors (Lipinski definition) is 4. The Bertz CT molecular complexity index is 1250. The summed E-state index contributed by atoms with van der Waals surface area (Å²) in [5, 5.41) is 13.0. The second-order valence-electron chi connectivity index (χ2n) is 10.4. The van der Waals surface area contributed by atoms with Crippen molar-refractivity contribution in [1.29, 1.82) is 5.26 Å². The molecule has 3 heterocycles. The van der Waals surface area contributed by atoms with Crippen LogP contribution in [0.25, 0.3) is 0 Å². The molecule has 3 aliphatic rings. The highest BCUT2D eigenvalue weighted by molar-refractivity contribution is 6.07. The quantitative estimate of drug-likeness (QED) is 0.714. The highest BCUT2D eigenvalue weighted by Gasteiger charge is 2.57. The molecule has 0 aromatic heterocycles. The molecular weight excluding hydrogens is 440 g/mol. The van der Waals surface area contributed by atoms with Gasteiger partial charge in [0.05, 0.1) is 17.5 Å². The number of carbonyl (C=O) groups excluding carboxylic acids is 3. The molecular formula is C28H30N4O3. The van der Waals surface area contributed by atoms with Crippen molar-refractivity contribution in [3.63, 3.8) is 0 Å². The van der Waals surface area contributed by atoms with Crippen LogP contribution in [0, 0.1) is 17.2 Å². The minimum Gasteiger partial charge on any atom is -0.325 e. The van der Waals surface area contributed by atoms with Crippen molar-refractivity contribution in [3.05, 3.63) is 65.2 Å². The molecule has 1 N–H and O–H groups in total. The molecule has 7 heteroatoms. The maximum atomic E-state index is 14.2. The average Bonchev–Trinajstić information content (AvgIpc) is 3.46. The van der Waals surface area contributed by atoms with Crippen LogP contribution in [0.5, 0.6) is 0 Å². The van der Waals surface area contributed by atoms with Crippen LogP contribution in [0.4, 0.5) is 5.69 Å². The molecule has 0 bridgehead atoms. The van der Waals surface area contributed by atoms with Gasteiger partial charge in [-0.1, -0.05) is 50.2 Å². The summed E-state index contributed by atoms with van der Waals surface area (Å²) in [4.78, 5) is 44.0. The van der Waals surface area contributed by atoms with Crippen LogP contribution >= 0.6 is 0 Å². The second kappa shape index (κ2) is 8.53. The zero-order chi connectivity index (χ0) is 24.9. The third kappa shape index (κ3) is 3.51. The maximum Gasteiger partial charge on any atom is 0.255 e. The molecule has 35 heavy (non-hydrogen) atoms. The fourth-order valence-electron chi connectivity index (χ4n) is 5.98. The Morgan fingerprint density at radius 1 is 1.14 bits per heavy atom. The highest BCUT2D eigenvalue weighted by atomic mass is 16.2. The van der Waals surface area contributed by atoms with Gasteiger partial charge in [-0.05, 0) is 48.9 Å². The highest BCUT2D eigenvalue weighted by Crippen LogP contribution is 2.47. The molecule has 0 unspecified atom stereocenters. The van der Waals surface area contributed by atoms with Gasteiger partial charge in [-0.2, -0.15) is 5.26 Å². The Kier molecular flexibility index (Phi) is 5.63. The van der Waals surface area contributed by atoms with Gasteiger partial charge in [0.2, 0.25) is 11.8 Å². The summed E-state index contributed by atoms with van der Waals surface area (Å²) >= 11 is 0. The minimum atomic E-state index is -0.946. The third-order valence-corrected chi connectivity index (χ3v) is 7.85. The van der Waals surface area contributed by atoms with Crippen LogP contribution in [-0.2, 0) is 15.0 Å². The van der Waals surface area contributed by atoms with E-state index in [0.717, 1.165) is 23.2 Å². The van der Waals surface area contributed by atoms with Gasteiger partial charge in [-0.25, -0.2) is 0 Å². The molecule has 1 spiro atoms. The minimum absolute atomic E-state index is 0.133. The molecule has 4 atom stereocenters. The van der Waals surface area contributed by atoms with Gasteiger partial charge < -0.3 is 15.1 Å². The maximum absolute atomic E-state index is 14.2. The van der Waals surface area contributed by atoms with Crippen molar-refractivity contribution in [3.8, 4) is 6.07 Å². The normalized spacial score (nSPS) is 25.6. The van der Waals surface area contributed by atoms with E-state index in [4.69, 9.17) is 0 Å². The van der Waals surface area contributed by atoms with Gasteiger partial charge in [-0.15, -0.1) is 0 Å². The van der Waals surface area contributed by atoms with Crippen LogP contribution in [0.1, 0.15) is 67.6 Å². The average molecular weight is 471 g/mol. The fourth-order valence-corrected chi connectivity index (χ4v) is 5.98. The molecule has 2 aromatic rings. The Morgan fingerprint density at radius 2 is 1.86 bits per heavy atom. The van der Waals surface area contributed by atoms with Crippen molar-refractivity contribution < 1.29 is 14.4 Å². The topological polar surface area (TPSA) is 93.5 Å². The number of benzene rings is 2. The number of rotatable bonds is 5. The Balaban J connectivity index is 1.50. The summed E-state index contributed by atoms with van der Waals surface area (Å²) in [5.74, 6) is -0.225. The SMILES string of the molecule is CC(C)CC[C@@H](C(=O)N1C[C@]2(C[C@H]1C#N)C(=O)Nc1ccccc12)N1C(=O)c2ccccc2[C@H]1C. The van der Waals surface area contributed by atoms with Crippen molar-refractivity contribution in [2.24, 2.45) is 5.92 Å². The number of hydrogen-bond donors (Lipinski definition) is 1. The van der Waals surface area contributed by atoms with Gasteiger partial charge >= 0.3 is 0 Å². The first-order chi connectivity index (χ1) is 16.8. The number of nitrogens with one attached hydrogen (secondary N) is 1. The van der Waals surface area contributed by atoms with Crippen molar-refractivity contribution in [1.82, 2.24) is 9.80 Å². The van der Waals surface area contributed by atoms with E-state index in [1.165, 1.54) is 0 Å². The number of amides is 3. The Morgan fingerprint density at radius 3 is 2.57 bits per heavy atom. The summed E-state index contributed by atoms with van der Waals surface area (Å²) in [5.41, 5.74) is 2.16. The lowest BCUT2D eigenvalue weighted by molar-refractivity contribution is -0.137. The van der Waals surface area contributed by atoms with Crippen molar-refractivity contribution >= 4 is 23.4 Å². The molecule has 3 aliphatic heterocycles. The van der Waals surface area contributed by atoms with E-state index in [-0.39, 0.29) is 36.7 Å². The summed E-state index contributed by atoms with van der Waals surface area (Å²) in [6.07, 6.45) is 1.52. The molecule has 180 valence electrons. The lowest BCUT2D eigenvalue weighted by atomic mass is 9.80. The molecule has 0 aliphatic carbocycles. The number of likely N-dealkylation sites (tertiary alicyclic amines) is 1. The third-order valence-electron chi connectivity index (χ3n) is 7.85. The van der Waals surface area contributed by atoms with E-state index in [0.29, 0.717) is 17.9 Å². The fraction of sp³-hybridized carbons (Fsp3) is 0.429. The molecule has 2 aromatic carbocycles. The monoisotopic (exact) mass is 470 g/mol. The van der Waals surface area contributed by atoms with E-state index < -0.39 is 17.5 Å². The first kappa shape index (κ1) is 23.1. The predicted molar refractivity (Wildman–Crippen MR) is 131 cm³/mol. The van der Waals surface area contributed by atoms with Crippen molar-refractivity contribution in [2.45, 2.75) is 63.6 Å². The van der Waals surface area contributed by atoms with E-state index in [1.807, 2.05) is 49.4 Å². The molecule has 7 nitrogen and oxygen atoms in total. The number of anilines is 1. The molecule has 1 fully saturated rings. The molecule has 1 saturated heterocycles. The molecule has 0 saturated carbocycles. The van der Waals surface area contributed by atoms with Gasteiger partial charge in [0.1, 0.15) is 12.1 Å². The first-order valence-electron chi connectivity index (χ1n) is 12.3. The first-order valence-corrected chi connectivity index (χ1v) is 12.3. The predicted octanol–water partition coefficient (Wildman–Crippen LogP) is 4.02. The van der Waals surface area contributed by atoms with E-state index in [2.05, 4.69) is 25.2 Å². The molecule has 3 amide bonds. The van der Waals surface area contributed by atoms with E-state index in [9.17, 15) is 19.6 Å². The lowest BCUT2D eigenvalue weighted by Gasteiger charge is -2.35. The zero-order valence-corrected chi connectivity index (χ0v) is 20.3. The van der Waals surface area contributed by atoms with Crippen LogP contribution < -0.4 is 5.32 Å². The zero-order valence-electron chi connectivity index (χ0n) is 20.3. The van der Waals surface area contributed by atoms with Crippen LogP contribution in [0.3, 0.4) is 0 Å². The molecule has 5 rings (SSSR count). The number of para-hydroxylation sites is 1. The number of nitrogens with zero attached hydrogens (tertiary/aromatic N) is 3. The van der Waals surface area contributed by atoms with Gasteiger partial charge in [0.25, 0.3) is 5.91 Å². The lowest BCUT2D eigenvalue weighted by Crippen LogP contribution is -2.51. The Hall–Kier alpha value is -3.66. The number of fused-ring (bicyclic) bond motifs is 3.